The SMILES string of the molecule is CCCCOc1ccccc1NC(=O)OCCN1CCCCC1.Cl. The van der Waals surface area contributed by atoms with Crippen LogP contribution in [0.15, 0.2) is 24.3 Å². The van der Waals surface area contributed by atoms with Gasteiger partial charge in [-0.05, 0) is 44.5 Å². The van der Waals surface area contributed by atoms with E-state index in [1.54, 1.807) is 0 Å². The van der Waals surface area contributed by atoms with Gasteiger partial charge in [0.2, 0.25) is 0 Å². The standard InChI is InChI=1S/C18H28N2O3.ClH/c1-2-3-14-22-17-10-6-5-9-16(17)19-18(21)23-15-13-20-11-7-4-8-12-20;/h5-6,9-10H,2-4,7-8,11-15H2,1H3,(H,19,21);1H. The van der Waals surface area contributed by atoms with Crippen LogP contribution < -0.4 is 10.1 Å². The van der Waals surface area contributed by atoms with E-state index in [4.69, 9.17) is 9.47 Å². The molecule has 0 saturated carbocycles. The Kier molecular flexibility index (Phi) is 10.3. The molecule has 1 N–H and O–H groups in total. The van der Waals surface area contributed by atoms with Crippen LogP contribution >= 0.6 is 12.4 Å². The normalized spacial score (nSPS) is 14.5. The molecule has 1 fully saturated rings. The highest BCUT2D eigenvalue weighted by atomic mass is 35.5. The Morgan fingerprint density at radius 1 is 1.17 bits per heavy atom. The van der Waals surface area contributed by atoms with Gasteiger partial charge in [0, 0.05) is 6.54 Å². The molecule has 136 valence electrons. The van der Waals surface area contributed by atoms with Gasteiger partial charge in [0.05, 0.1) is 12.3 Å². The van der Waals surface area contributed by atoms with Crippen molar-refractivity contribution in [3.8, 4) is 5.75 Å². The van der Waals surface area contributed by atoms with Gasteiger partial charge in [-0.1, -0.05) is 31.9 Å². The third-order valence-electron chi connectivity index (χ3n) is 3.97. The summed E-state index contributed by atoms with van der Waals surface area (Å²) in [5.41, 5.74) is 0.659. The van der Waals surface area contributed by atoms with Crippen LogP contribution in [0.1, 0.15) is 39.0 Å². The summed E-state index contributed by atoms with van der Waals surface area (Å²) >= 11 is 0. The number of para-hydroxylation sites is 2. The fourth-order valence-electron chi connectivity index (χ4n) is 2.62. The van der Waals surface area contributed by atoms with Crippen molar-refractivity contribution in [2.45, 2.75) is 39.0 Å². The lowest BCUT2D eigenvalue weighted by molar-refractivity contribution is 0.131. The summed E-state index contributed by atoms with van der Waals surface area (Å²) in [7, 11) is 0. The van der Waals surface area contributed by atoms with Crippen LogP contribution in [-0.4, -0.2) is 43.8 Å². The highest BCUT2D eigenvalue weighted by Gasteiger charge is 2.12. The molecule has 24 heavy (non-hydrogen) atoms. The minimum absolute atomic E-state index is 0. The number of rotatable bonds is 8. The Labute approximate surface area is 151 Å². The van der Waals surface area contributed by atoms with Crippen LogP contribution in [-0.2, 0) is 4.74 Å². The molecule has 1 amide bonds. The van der Waals surface area contributed by atoms with Crippen molar-refractivity contribution in [2.24, 2.45) is 0 Å². The molecular formula is C18H29ClN2O3. The topological polar surface area (TPSA) is 50.8 Å². The third kappa shape index (κ3) is 7.41. The maximum Gasteiger partial charge on any atom is 0.411 e. The Balaban J connectivity index is 0.00000288. The van der Waals surface area contributed by atoms with Crippen molar-refractivity contribution >= 4 is 24.2 Å². The van der Waals surface area contributed by atoms with E-state index in [-0.39, 0.29) is 12.4 Å². The fraction of sp³-hybridized carbons (Fsp3) is 0.611. The second-order valence-electron chi connectivity index (χ2n) is 5.86. The molecule has 6 heteroatoms. The zero-order chi connectivity index (χ0) is 16.3. The van der Waals surface area contributed by atoms with E-state index < -0.39 is 6.09 Å². The number of benzene rings is 1. The van der Waals surface area contributed by atoms with Gasteiger partial charge in [-0.2, -0.15) is 0 Å². The zero-order valence-electron chi connectivity index (χ0n) is 14.5. The lowest BCUT2D eigenvalue weighted by Gasteiger charge is -2.25. The lowest BCUT2D eigenvalue weighted by Crippen LogP contribution is -2.33. The van der Waals surface area contributed by atoms with Gasteiger partial charge in [0.15, 0.2) is 0 Å². The van der Waals surface area contributed by atoms with Crippen molar-refractivity contribution in [1.82, 2.24) is 4.90 Å². The first-order valence-electron chi connectivity index (χ1n) is 8.67. The number of nitrogens with one attached hydrogen (secondary N) is 1. The summed E-state index contributed by atoms with van der Waals surface area (Å²) in [5, 5.41) is 2.77. The van der Waals surface area contributed by atoms with Gasteiger partial charge in [0.25, 0.3) is 0 Å². The lowest BCUT2D eigenvalue weighted by atomic mass is 10.1. The molecule has 1 aromatic carbocycles. The molecule has 5 nitrogen and oxygen atoms in total. The largest absolute Gasteiger partial charge is 0.491 e. The number of nitrogens with zero attached hydrogens (tertiary/aromatic N) is 1. The summed E-state index contributed by atoms with van der Waals surface area (Å²) < 4.78 is 11.0. The quantitative estimate of drug-likeness (QED) is 0.705. The molecule has 0 aromatic heterocycles. The average Bonchev–Trinajstić information content (AvgIpc) is 2.57. The minimum Gasteiger partial charge on any atom is -0.491 e. The molecule has 1 aliphatic rings. The number of hydrogen-bond donors (Lipinski definition) is 1. The van der Waals surface area contributed by atoms with E-state index in [0.29, 0.717) is 24.7 Å². The molecule has 2 rings (SSSR count). The van der Waals surface area contributed by atoms with Crippen LogP contribution in [0.4, 0.5) is 10.5 Å². The Morgan fingerprint density at radius 2 is 1.92 bits per heavy atom. The summed E-state index contributed by atoms with van der Waals surface area (Å²) in [6.45, 7) is 6.22. The fourth-order valence-corrected chi connectivity index (χ4v) is 2.62. The van der Waals surface area contributed by atoms with E-state index in [1.165, 1.54) is 19.3 Å². The molecule has 1 aliphatic heterocycles. The van der Waals surface area contributed by atoms with Crippen molar-refractivity contribution in [3.63, 3.8) is 0 Å². The molecule has 0 radical (unpaired) electrons. The number of anilines is 1. The number of halogens is 1. The summed E-state index contributed by atoms with van der Waals surface area (Å²) in [4.78, 5) is 14.3. The first kappa shape index (κ1) is 20.6. The Morgan fingerprint density at radius 3 is 2.67 bits per heavy atom. The van der Waals surface area contributed by atoms with Gasteiger partial charge in [-0.25, -0.2) is 4.79 Å². The van der Waals surface area contributed by atoms with E-state index in [2.05, 4.69) is 17.1 Å². The Bertz CT molecular complexity index is 479. The third-order valence-corrected chi connectivity index (χ3v) is 3.97. The van der Waals surface area contributed by atoms with Crippen LogP contribution in [0.25, 0.3) is 0 Å². The van der Waals surface area contributed by atoms with E-state index >= 15 is 0 Å². The van der Waals surface area contributed by atoms with Crippen LogP contribution in [0.5, 0.6) is 5.75 Å². The minimum atomic E-state index is -0.423. The van der Waals surface area contributed by atoms with Crippen LogP contribution in [0.2, 0.25) is 0 Å². The van der Waals surface area contributed by atoms with Crippen LogP contribution in [0, 0.1) is 0 Å². The van der Waals surface area contributed by atoms with Gasteiger partial charge in [-0.15, -0.1) is 12.4 Å². The number of ether oxygens (including phenoxy) is 2. The molecule has 0 aliphatic carbocycles. The number of hydrogen-bond acceptors (Lipinski definition) is 4. The second-order valence-corrected chi connectivity index (χ2v) is 5.86. The summed E-state index contributed by atoms with van der Waals surface area (Å²) in [6.07, 6.45) is 5.45. The number of carbonyl (C=O) groups is 1. The van der Waals surface area contributed by atoms with Crippen molar-refractivity contribution in [3.05, 3.63) is 24.3 Å². The molecular weight excluding hydrogens is 328 g/mol. The van der Waals surface area contributed by atoms with Crippen molar-refractivity contribution in [2.75, 3.05) is 38.2 Å². The van der Waals surface area contributed by atoms with E-state index in [1.807, 2.05) is 24.3 Å². The van der Waals surface area contributed by atoms with Gasteiger partial charge in [0.1, 0.15) is 12.4 Å². The summed E-state index contributed by atoms with van der Waals surface area (Å²) in [6, 6.07) is 7.45. The van der Waals surface area contributed by atoms with Gasteiger partial charge >= 0.3 is 6.09 Å². The maximum atomic E-state index is 11.9. The average molecular weight is 357 g/mol. The first-order chi connectivity index (χ1) is 11.3. The molecule has 0 bridgehead atoms. The zero-order valence-corrected chi connectivity index (χ0v) is 15.3. The Hall–Kier alpha value is -1.46. The number of piperidine rings is 1. The molecule has 0 unspecified atom stereocenters. The highest BCUT2D eigenvalue weighted by molar-refractivity contribution is 5.86. The second kappa shape index (κ2) is 12.0. The van der Waals surface area contributed by atoms with Crippen LogP contribution in [0.3, 0.4) is 0 Å². The predicted octanol–water partition coefficient (Wildman–Crippen LogP) is 4.32. The number of carbonyl (C=O) groups excluding carboxylic acids is 1. The van der Waals surface area contributed by atoms with Gasteiger partial charge in [-0.3, -0.25) is 10.2 Å². The first-order valence-corrected chi connectivity index (χ1v) is 8.67. The molecule has 0 spiro atoms. The van der Waals surface area contributed by atoms with Crippen molar-refractivity contribution < 1.29 is 14.3 Å². The van der Waals surface area contributed by atoms with Gasteiger partial charge < -0.3 is 9.47 Å². The van der Waals surface area contributed by atoms with E-state index in [9.17, 15) is 4.79 Å². The smallest absolute Gasteiger partial charge is 0.411 e. The maximum absolute atomic E-state index is 11.9. The molecule has 1 saturated heterocycles. The van der Waals surface area contributed by atoms with Crippen molar-refractivity contribution in [1.29, 1.82) is 0 Å². The number of unbranched alkanes of at least 4 members (excludes halogenated alkanes) is 1. The van der Waals surface area contributed by atoms with E-state index in [0.717, 1.165) is 32.5 Å². The summed E-state index contributed by atoms with van der Waals surface area (Å²) in [5.74, 6) is 0.689. The molecule has 1 heterocycles. The number of amides is 1. The molecule has 1 aromatic rings. The molecule has 0 atom stereocenters. The monoisotopic (exact) mass is 356 g/mol. The number of likely N-dealkylation sites (tertiary alicyclic amines) is 1. The highest BCUT2D eigenvalue weighted by Crippen LogP contribution is 2.24. The predicted molar refractivity (Wildman–Crippen MR) is 99.4 cm³/mol.